The second-order valence-corrected chi connectivity index (χ2v) is 10.2. The van der Waals surface area contributed by atoms with Crippen molar-refractivity contribution in [3.8, 4) is 10.6 Å². The second-order valence-electron chi connectivity index (χ2n) is 9.18. The third kappa shape index (κ3) is 3.94. The predicted octanol–water partition coefficient (Wildman–Crippen LogP) is 1.48. The van der Waals surface area contributed by atoms with Crippen LogP contribution in [-0.2, 0) is 36.7 Å². The largest absolute Gasteiger partial charge is 0.466 e. The minimum atomic E-state index is -1.84. The van der Waals surface area contributed by atoms with Gasteiger partial charge in [-0.2, -0.15) is 0 Å². The van der Waals surface area contributed by atoms with Crippen LogP contribution in [0, 0.1) is 17.0 Å². The van der Waals surface area contributed by atoms with Crippen molar-refractivity contribution in [1.29, 1.82) is 0 Å². The third-order valence-electron chi connectivity index (χ3n) is 6.77. The van der Waals surface area contributed by atoms with E-state index in [9.17, 15) is 19.2 Å². The maximum Gasteiger partial charge on any atom is 0.328 e. The summed E-state index contributed by atoms with van der Waals surface area (Å²) in [4.78, 5) is 51.6. The molecule has 2 saturated heterocycles. The number of anilines is 1. The average molecular weight is 536 g/mol. The molecule has 4 amide bonds. The van der Waals surface area contributed by atoms with E-state index in [2.05, 4.69) is 20.8 Å². The van der Waals surface area contributed by atoms with Crippen LogP contribution in [0.2, 0.25) is 0 Å². The van der Waals surface area contributed by atoms with Crippen molar-refractivity contribution in [3.05, 3.63) is 28.3 Å². The van der Waals surface area contributed by atoms with Crippen molar-refractivity contribution >= 4 is 40.8 Å². The predicted molar refractivity (Wildman–Crippen MR) is 125 cm³/mol. The normalized spacial score (nSPS) is 24.3. The topological polar surface area (TPSA) is 140 Å². The van der Waals surface area contributed by atoms with E-state index in [1.165, 1.54) is 11.0 Å². The highest BCUT2D eigenvalue weighted by Crippen LogP contribution is 2.49. The van der Waals surface area contributed by atoms with Gasteiger partial charge in [0.1, 0.15) is 5.01 Å². The minimum Gasteiger partial charge on any atom is -0.466 e. The van der Waals surface area contributed by atoms with Gasteiger partial charge in [-0.3, -0.25) is 25.0 Å². The number of hydrogen-bond acceptors (Lipinski definition) is 10. The zero-order chi connectivity index (χ0) is 26.6. The van der Waals surface area contributed by atoms with Crippen LogP contribution in [0.1, 0.15) is 31.3 Å². The number of aromatic nitrogens is 2. The summed E-state index contributed by atoms with van der Waals surface area (Å²) in [5, 5.41) is 12.4. The zero-order valence-electron chi connectivity index (χ0n) is 20.1. The Labute approximate surface area is 213 Å². The molecule has 1 spiro atoms. The lowest BCUT2D eigenvalue weighted by molar-refractivity contribution is -0.153. The third-order valence-corrected chi connectivity index (χ3v) is 7.72. The summed E-state index contributed by atoms with van der Waals surface area (Å²) >= 11 is 0.899. The molecule has 1 unspecified atom stereocenters. The Bertz CT molecular complexity index is 1310. The van der Waals surface area contributed by atoms with E-state index in [0.717, 1.165) is 11.3 Å². The number of nitrogens with one attached hydrogen (secondary N) is 2. The molecule has 1 aromatic heterocycles. The molecule has 11 nitrogen and oxygen atoms in total. The van der Waals surface area contributed by atoms with Gasteiger partial charge in [0.2, 0.25) is 11.8 Å². The number of benzene rings is 1. The number of morpholine rings is 1. The molecule has 14 heteroatoms. The van der Waals surface area contributed by atoms with E-state index in [-0.39, 0.29) is 52.8 Å². The Balaban J connectivity index is 1.63. The van der Waals surface area contributed by atoms with Crippen LogP contribution in [-0.4, -0.2) is 65.4 Å². The molecule has 0 aliphatic carbocycles. The number of esters is 1. The number of imide groups is 2. The molecule has 3 aliphatic heterocycles. The lowest BCUT2D eigenvalue weighted by Gasteiger charge is -2.55. The average Bonchev–Trinajstić information content (AvgIpc) is 3.27. The molecular formula is C23H23F2N5O6S. The van der Waals surface area contributed by atoms with Gasteiger partial charge in [-0.05, 0) is 32.4 Å². The fourth-order valence-corrected chi connectivity index (χ4v) is 6.30. The fourth-order valence-electron chi connectivity index (χ4n) is 5.46. The summed E-state index contributed by atoms with van der Waals surface area (Å²) in [6.07, 6.45) is -1.63. The number of urea groups is 1. The summed E-state index contributed by atoms with van der Waals surface area (Å²) in [7, 11) is 0. The first-order valence-electron chi connectivity index (χ1n) is 11.6. The van der Waals surface area contributed by atoms with Crippen LogP contribution in [0.5, 0.6) is 0 Å². The molecule has 3 aliphatic rings. The number of carbonyl (C=O) groups excluding carboxylic acids is 4. The molecule has 5 rings (SSSR count). The van der Waals surface area contributed by atoms with Crippen LogP contribution < -0.4 is 15.5 Å². The first kappa shape index (κ1) is 25.1. The molecule has 1 aromatic carbocycles. The van der Waals surface area contributed by atoms with Crippen molar-refractivity contribution in [2.75, 3.05) is 18.1 Å². The highest BCUT2D eigenvalue weighted by Gasteiger charge is 2.63. The van der Waals surface area contributed by atoms with Crippen molar-refractivity contribution in [1.82, 2.24) is 20.8 Å². The molecule has 2 aromatic rings. The summed E-state index contributed by atoms with van der Waals surface area (Å²) in [6.45, 7) is 5.31. The molecular weight excluding hydrogens is 512 g/mol. The van der Waals surface area contributed by atoms with Gasteiger partial charge in [0, 0.05) is 13.0 Å². The van der Waals surface area contributed by atoms with Gasteiger partial charge < -0.3 is 14.4 Å². The van der Waals surface area contributed by atoms with Crippen molar-refractivity contribution < 1.29 is 37.4 Å². The van der Waals surface area contributed by atoms with Crippen molar-refractivity contribution in [3.63, 3.8) is 0 Å². The van der Waals surface area contributed by atoms with Gasteiger partial charge in [0.15, 0.2) is 22.1 Å². The Morgan fingerprint density at radius 1 is 1.22 bits per heavy atom. The summed E-state index contributed by atoms with van der Waals surface area (Å²) in [5.74, 6) is -4.55. The van der Waals surface area contributed by atoms with Gasteiger partial charge in [0.05, 0.1) is 42.5 Å². The Hall–Kier alpha value is -3.52. The maximum absolute atomic E-state index is 15.8. The molecule has 2 fully saturated rings. The van der Waals surface area contributed by atoms with E-state index in [4.69, 9.17) is 9.47 Å². The number of rotatable bonds is 4. The minimum absolute atomic E-state index is 0.0195. The van der Waals surface area contributed by atoms with Crippen molar-refractivity contribution in [2.45, 2.75) is 51.9 Å². The zero-order valence-corrected chi connectivity index (χ0v) is 20.9. The Morgan fingerprint density at radius 2 is 1.92 bits per heavy atom. The van der Waals surface area contributed by atoms with Crippen molar-refractivity contribution in [2.24, 2.45) is 5.41 Å². The smallest absolute Gasteiger partial charge is 0.328 e. The van der Waals surface area contributed by atoms with Crippen LogP contribution in [0.15, 0.2) is 6.07 Å². The lowest BCUT2D eigenvalue weighted by atomic mass is 9.66. The molecule has 4 heterocycles. The van der Waals surface area contributed by atoms with Gasteiger partial charge in [-0.25, -0.2) is 13.6 Å². The maximum atomic E-state index is 15.8. The first-order chi connectivity index (χ1) is 17.6. The molecule has 37 heavy (non-hydrogen) atoms. The Morgan fingerprint density at radius 3 is 2.59 bits per heavy atom. The number of carbonyl (C=O) groups is 4. The van der Waals surface area contributed by atoms with Crippen LogP contribution >= 0.6 is 11.3 Å². The summed E-state index contributed by atoms with van der Waals surface area (Å²) in [5.41, 5.74) is -1.95. The quantitative estimate of drug-likeness (QED) is 0.440. The molecule has 196 valence electrons. The summed E-state index contributed by atoms with van der Waals surface area (Å²) in [6, 6.07) is -0.617. The number of halogens is 2. The fraction of sp³-hybridized carbons (Fsp3) is 0.478. The molecule has 0 bridgehead atoms. The van der Waals surface area contributed by atoms with Crippen LogP contribution in [0.3, 0.4) is 0 Å². The number of barbiturate groups is 1. The number of nitrogens with zero attached hydrogens (tertiary/aromatic N) is 3. The Kier molecular flexibility index (Phi) is 6.18. The van der Waals surface area contributed by atoms with Gasteiger partial charge in [-0.15, -0.1) is 10.2 Å². The number of hydrogen-bond donors (Lipinski definition) is 2. The second kappa shape index (κ2) is 9.10. The standard InChI is InChI=1S/C23H23F2N5O6S/c1-4-35-14(31)6-13-28-29-19(37-13)12-5-11-7-23(20(32)26-22(34)27-21(23)33)18-10(3)36-9(2)8-30(18)17(11)16(25)15(12)24/h5,9-10,18H,4,6-8H2,1-3H3,(H2,26,27,32,33,34)/t9-,10+,18?/m0/s1. The SMILES string of the molecule is CCOC(=O)Cc1nnc(-c2cc3c(c(F)c2F)N2C[C@H](C)O[C@H](C)C2C2(C3)C(=O)NC(=O)NC2=O)s1. The van der Waals surface area contributed by atoms with E-state index in [1.54, 1.807) is 20.8 Å². The van der Waals surface area contributed by atoms with E-state index in [0.29, 0.717) is 0 Å². The lowest BCUT2D eigenvalue weighted by Crippen LogP contribution is -2.75. The molecule has 0 radical (unpaired) electrons. The molecule has 3 atom stereocenters. The number of ether oxygens (including phenoxy) is 2. The van der Waals surface area contributed by atoms with E-state index < -0.39 is 59.1 Å². The highest BCUT2D eigenvalue weighted by atomic mass is 32.1. The first-order valence-corrected chi connectivity index (χ1v) is 12.5. The number of fused-ring (bicyclic) bond motifs is 4. The van der Waals surface area contributed by atoms with Gasteiger partial charge >= 0.3 is 12.0 Å². The van der Waals surface area contributed by atoms with E-state index in [1.807, 2.05) is 0 Å². The van der Waals surface area contributed by atoms with Gasteiger partial charge in [-0.1, -0.05) is 11.3 Å². The highest BCUT2D eigenvalue weighted by molar-refractivity contribution is 7.14. The number of amides is 4. The summed E-state index contributed by atoms with van der Waals surface area (Å²) < 4.78 is 42.0. The van der Waals surface area contributed by atoms with Crippen LogP contribution in [0.4, 0.5) is 19.3 Å². The monoisotopic (exact) mass is 535 g/mol. The van der Waals surface area contributed by atoms with Gasteiger partial charge in [0.25, 0.3) is 0 Å². The van der Waals surface area contributed by atoms with E-state index >= 15 is 8.78 Å². The molecule has 2 N–H and O–H groups in total. The van der Waals surface area contributed by atoms with Crippen LogP contribution in [0.25, 0.3) is 10.6 Å². The molecule has 0 saturated carbocycles.